The molecular weight excluding hydrogens is 153 g/mol. The summed E-state index contributed by atoms with van der Waals surface area (Å²) < 4.78 is 0. The van der Waals surface area contributed by atoms with E-state index in [2.05, 4.69) is 23.2 Å². The molecule has 2 aromatic rings. The first-order valence-electron chi connectivity index (χ1n) is 3.99. The lowest BCUT2D eigenvalue weighted by Gasteiger charge is -1.83. The number of hydrogen-bond acceptors (Lipinski definition) is 0. The monoisotopic (exact) mass is 167 g/mol. The van der Waals surface area contributed by atoms with Crippen molar-refractivity contribution in [2.75, 3.05) is 0 Å². The summed E-state index contributed by atoms with van der Waals surface area (Å²) in [6, 6.07) is 10.3. The van der Waals surface area contributed by atoms with Crippen molar-refractivity contribution in [3.8, 4) is 0 Å². The Bertz CT molecular complexity index is 284. The topological polar surface area (TPSA) is 15.8 Å². The third-order valence-electron chi connectivity index (χ3n) is 1.46. The zero-order valence-electron chi connectivity index (χ0n) is 7.37. The fourth-order valence-electron chi connectivity index (χ4n) is 0.995. The molecule has 2 rings (SSSR count). The largest absolute Gasteiger partial charge is 0.361 e. The van der Waals surface area contributed by atoms with Gasteiger partial charge in [0.1, 0.15) is 0 Å². The van der Waals surface area contributed by atoms with Crippen LogP contribution in [0.4, 0.5) is 4.70 Å². The van der Waals surface area contributed by atoms with Crippen LogP contribution in [0.1, 0.15) is 13.8 Å². The Morgan fingerprint density at radius 2 is 1.67 bits per heavy atom. The molecule has 0 radical (unpaired) electrons. The maximum atomic E-state index is 3.12. The molecule has 1 nitrogen and oxygen atoms in total. The second-order valence-electron chi connectivity index (χ2n) is 2.06. The maximum absolute atomic E-state index is 3.12. The van der Waals surface area contributed by atoms with Crippen molar-refractivity contribution in [2.24, 2.45) is 0 Å². The van der Waals surface area contributed by atoms with E-state index in [4.69, 9.17) is 0 Å². The summed E-state index contributed by atoms with van der Waals surface area (Å²) in [6.45, 7) is 4.00. The number of nitrogens with one attached hydrogen (secondary N) is 1. The molecule has 0 unspecified atom stereocenters. The van der Waals surface area contributed by atoms with Crippen LogP contribution in [0, 0.1) is 0 Å². The Morgan fingerprint density at radius 1 is 1.00 bits per heavy atom. The van der Waals surface area contributed by atoms with Crippen molar-refractivity contribution in [1.82, 2.24) is 4.98 Å². The lowest BCUT2D eigenvalue weighted by atomic mass is 10.3. The first-order chi connectivity index (χ1) is 5.47. The fourth-order valence-corrected chi connectivity index (χ4v) is 0.995. The first kappa shape index (κ1) is 10.7. The molecule has 0 aliphatic heterocycles. The molecule has 0 aliphatic carbocycles. The van der Waals surface area contributed by atoms with Gasteiger partial charge in [-0.3, -0.25) is 4.70 Å². The number of para-hydroxylation sites is 1. The molecule has 0 amide bonds. The molecule has 1 aromatic carbocycles. The molecule has 1 N–H and O–H groups in total. The zero-order valence-corrected chi connectivity index (χ0v) is 7.37. The highest BCUT2D eigenvalue weighted by molar-refractivity contribution is 5.78. The van der Waals surface area contributed by atoms with E-state index < -0.39 is 0 Å². The summed E-state index contributed by atoms with van der Waals surface area (Å²) >= 11 is 0. The Kier molecular flexibility index (Phi) is 4.77. The number of halogens is 1. The van der Waals surface area contributed by atoms with Crippen molar-refractivity contribution < 1.29 is 4.70 Å². The summed E-state index contributed by atoms with van der Waals surface area (Å²) in [5.41, 5.74) is 1.21. The van der Waals surface area contributed by atoms with E-state index in [1.54, 1.807) is 0 Å². The Labute approximate surface area is 71.8 Å². The third kappa shape index (κ3) is 2.09. The molecule has 0 atom stereocenters. The third-order valence-corrected chi connectivity index (χ3v) is 1.46. The van der Waals surface area contributed by atoms with Crippen LogP contribution in [0.5, 0.6) is 0 Å². The van der Waals surface area contributed by atoms with Gasteiger partial charge >= 0.3 is 0 Å². The summed E-state index contributed by atoms with van der Waals surface area (Å²) in [5.74, 6) is 0. The number of benzene rings is 1. The van der Waals surface area contributed by atoms with Gasteiger partial charge in [0, 0.05) is 11.7 Å². The average Bonchev–Trinajstić information content (AvgIpc) is 2.55. The van der Waals surface area contributed by atoms with Crippen molar-refractivity contribution in [1.29, 1.82) is 0 Å². The van der Waals surface area contributed by atoms with E-state index >= 15 is 0 Å². The van der Waals surface area contributed by atoms with Crippen molar-refractivity contribution in [3.63, 3.8) is 0 Å². The van der Waals surface area contributed by atoms with Gasteiger partial charge in [-0.25, -0.2) is 0 Å². The van der Waals surface area contributed by atoms with Gasteiger partial charge in [-0.2, -0.15) is 0 Å². The predicted molar refractivity (Wildman–Crippen MR) is 52.1 cm³/mol. The van der Waals surface area contributed by atoms with E-state index in [0.717, 1.165) is 0 Å². The van der Waals surface area contributed by atoms with Crippen LogP contribution < -0.4 is 0 Å². The molecule has 0 saturated heterocycles. The molecular formula is C10H14FN. The number of fused-ring (bicyclic) bond motifs is 1. The van der Waals surface area contributed by atoms with Crippen LogP contribution in [-0.4, -0.2) is 4.98 Å². The van der Waals surface area contributed by atoms with E-state index in [-0.39, 0.29) is 4.70 Å². The zero-order chi connectivity index (χ0) is 8.10. The lowest BCUT2D eigenvalue weighted by molar-refractivity contribution is 1.11. The quantitative estimate of drug-likeness (QED) is 0.619. The summed E-state index contributed by atoms with van der Waals surface area (Å²) in [5, 5.41) is 1.28. The van der Waals surface area contributed by atoms with Crippen LogP contribution in [-0.2, 0) is 0 Å². The van der Waals surface area contributed by atoms with Crippen LogP contribution in [0.15, 0.2) is 36.5 Å². The predicted octanol–water partition coefficient (Wildman–Crippen LogP) is 3.35. The molecule has 1 heterocycles. The molecule has 0 spiro atoms. The summed E-state index contributed by atoms with van der Waals surface area (Å²) in [7, 11) is 0. The second kappa shape index (κ2) is 5.35. The molecule has 66 valence electrons. The van der Waals surface area contributed by atoms with E-state index in [1.165, 1.54) is 10.9 Å². The van der Waals surface area contributed by atoms with Crippen molar-refractivity contribution in [3.05, 3.63) is 36.5 Å². The Morgan fingerprint density at radius 3 is 2.33 bits per heavy atom. The van der Waals surface area contributed by atoms with Gasteiger partial charge in [0.25, 0.3) is 0 Å². The minimum Gasteiger partial charge on any atom is -0.361 e. The second-order valence-corrected chi connectivity index (χ2v) is 2.06. The normalized spacial score (nSPS) is 8.17. The number of aromatic nitrogens is 1. The lowest BCUT2D eigenvalue weighted by Crippen LogP contribution is -1.61. The van der Waals surface area contributed by atoms with Gasteiger partial charge in [0.15, 0.2) is 0 Å². The molecule has 12 heavy (non-hydrogen) atoms. The van der Waals surface area contributed by atoms with Crippen molar-refractivity contribution in [2.45, 2.75) is 13.8 Å². The SMILES string of the molecule is CC.F.c1ccc2[nH]ccc2c1. The average molecular weight is 167 g/mol. The summed E-state index contributed by atoms with van der Waals surface area (Å²) in [6.07, 6.45) is 1.95. The van der Waals surface area contributed by atoms with Gasteiger partial charge in [-0.05, 0) is 17.5 Å². The molecule has 0 aliphatic rings. The van der Waals surface area contributed by atoms with Crippen LogP contribution in [0.3, 0.4) is 0 Å². The van der Waals surface area contributed by atoms with E-state index in [9.17, 15) is 0 Å². The highest BCUT2D eigenvalue weighted by Gasteiger charge is 1.86. The van der Waals surface area contributed by atoms with Gasteiger partial charge in [-0.15, -0.1) is 0 Å². The van der Waals surface area contributed by atoms with Crippen LogP contribution in [0.25, 0.3) is 10.9 Å². The van der Waals surface area contributed by atoms with Gasteiger partial charge in [0.05, 0.1) is 0 Å². The first-order valence-corrected chi connectivity index (χ1v) is 3.99. The molecule has 1 aromatic heterocycles. The number of rotatable bonds is 0. The highest BCUT2D eigenvalue weighted by Crippen LogP contribution is 2.09. The minimum absolute atomic E-state index is 0. The number of hydrogen-bond donors (Lipinski definition) is 1. The molecule has 2 heteroatoms. The van der Waals surface area contributed by atoms with E-state index in [0.29, 0.717) is 0 Å². The maximum Gasteiger partial charge on any atom is 0.0453 e. The van der Waals surface area contributed by atoms with Gasteiger partial charge in [-0.1, -0.05) is 32.0 Å². The summed E-state index contributed by atoms with van der Waals surface area (Å²) in [4.78, 5) is 3.12. The number of aromatic amines is 1. The standard InChI is InChI=1S/C8H7N.C2H6.FH/c1-2-4-8-7(3-1)5-6-9-8;1-2;/h1-6,9H;1-2H3;1H. The minimum atomic E-state index is 0. The smallest absolute Gasteiger partial charge is 0.0453 e. The Balaban J connectivity index is 0.000000378. The van der Waals surface area contributed by atoms with E-state index in [1.807, 2.05) is 32.2 Å². The fraction of sp³-hybridized carbons (Fsp3) is 0.200. The van der Waals surface area contributed by atoms with Crippen molar-refractivity contribution >= 4 is 10.9 Å². The Hall–Kier alpha value is -1.31. The molecule has 0 saturated carbocycles. The molecule has 0 bridgehead atoms. The van der Waals surface area contributed by atoms with Gasteiger partial charge < -0.3 is 4.98 Å². The molecule has 0 fully saturated rings. The van der Waals surface area contributed by atoms with Crippen LogP contribution in [0.2, 0.25) is 0 Å². The highest BCUT2D eigenvalue weighted by atomic mass is 19.0. The van der Waals surface area contributed by atoms with Gasteiger partial charge in [0.2, 0.25) is 0 Å². The van der Waals surface area contributed by atoms with Crippen LogP contribution >= 0.6 is 0 Å². The number of H-pyrrole nitrogens is 1.